The van der Waals surface area contributed by atoms with Crippen molar-refractivity contribution in [1.82, 2.24) is 4.98 Å². The number of nitrogens with one attached hydrogen (secondary N) is 1. The predicted molar refractivity (Wildman–Crippen MR) is 70.6 cm³/mol. The first-order valence-electron chi connectivity index (χ1n) is 5.04. The SMILES string of the molecule is Cc1cccc(NC(=O)c2ccncc2)c1.Cl. The Morgan fingerprint density at radius 3 is 2.53 bits per heavy atom. The summed E-state index contributed by atoms with van der Waals surface area (Å²) in [6.45, 7) is 1.99. The molecule has 1 aromatic carbocycles. The molecule has 0 fully saturated rings. The summed E-state index contributed by atoms with van der Waals surface area (Å²) in [4.78, 5) is 15.7. The van der Waals surface area contributed by atoms with Crippen molar-refractivity contribution in [1.29, 1.82) is 0 Å². The van der Waals surface area contributed by atoms with Crippen LogP contribution in [0.15, 0.2) is 48.8 Å². The van der Waals surface area contributed by atoms with Crippen LogP contribution in [0.25, 0.3) is 0 Å². The average molecular weight is 249 g/mol. The van der Waals surface area contributed by atoms with Crippen molar-refractivity contribution in [2.45, 2.75) is 6.92 Å². The molecule has 1 amide bonds. The van der Waals surface area contributed by atoms with Crippen LogP contribution in [0.4, 0.5) is 5.69 Å². The zero-order valence-electron chi connectivity index (χ0n) is 9.38. The summed E-state index contributed by atoms with van der Waals surface area (Å²) in [5, 5.41) is 2.83. The van der Waals surface area contributed by atoms with Crippen LogP contribution in [0.2, 0.25) is 0 Å². The molecule has 0 bridgehead atoms. The standard InChI is InChI=1S/C13H12N2O.ClH/c1-10-3-2-4-12(9-10)15-13(16)11-5-7-14-8-6-11;/h2-9H,1H3,(H,15,16);1H. The van der Waals surface area contributed by atoms with Crippen LogP contribution in [0.1, 0.15) is 15.9 Å². The van der Waals surface area contributed by atoms with Gasteiger partial charge in [0.1, 0.15) is 0 Å². The Kier molecular flexibility index (Phi) is 4.67. The van der Waals surface area contributed by atoms with Crippen molar-refractivity contribution >= 4 is 24.0 Å². The number of carbonyl (C=O) groups is 1. The van der Waals surface area contributed by atoms with Gasteiger partial charge in [0.05, 0.1) is 0 Å². The van der Waals surface area contributed by atoms with Gasteiger partial charge in [0, 0.05) is 23.6 Å². The van der Waals surface area contributed by atoms with Gasteiger partial charge in [-0.2, -0.15) is 0 Å². The Morgan fingerprint density at radius 2 is 1.88 bits per heavy atom. The van der Waals surface area contributed by atoms with Crippen LogP contribution in [-0.2, 0) is 0 Å². The maximum absolute atomic E-state index is 11.8. The largest absolute Gasteiger partial charge is 0.322 e. The number of carbonyl (C=O) groups excluding carboxylic acids is 1. The molecule has 2 rings (SSSR count). The number of amides is 1. The van der Waals surface area contributed by atoms with Gasteiger partial charge >= 0.3 is 0 Å². The van der Waals surface area contributed by atoms with Gasteiger partial charge in [0.2, 0.25) is 0 Å². The summed E-state index contributed by atoms with van der Waals surface area (Å²) in [6, 6.07) is 11.1. The summed E-state index contributed by atoms with van der Waals surface area (Å²) in [6.07, 6.45) is 3.20. The molecule has 0 aliphatic heterocycles. The number of hydrogen-bond donors (Lipinski definition) is 1. The van der Waals surface area contributed by atoms with Gasteiger partial charge in [-0.1, -0.05) is 12.1 Å². The minimum atomic E-state index is -0.118. The van der Waals surface area contributed by atoms with E-state index in [2.05, 4.69) is 10.3 Å². The highest BCUT2D eigenvalue weighted by Gasteiger charge is 2.04. The fraction of sp³-hybridized carbons (Fsp3) is 0.0769. The molecular weight excluding hydrogens is 236 g/mol. The van der Waals surface area contributed by atoms with Crippen molar-refractivity contribution < 1.29 is 4.79 Å². The normalized spacial score (nSPS) is 9.24. The van der Waals surface area contributed by atoms with Crippen LogP contribution >= 0.6 is 12.4 Å². The zero-order chi connectivity index (χ0) is 11.4. The van der Waals surface area contributed by atoms with E-state index in [0.717, 1.165) is 11.3 Å². The van der Waals surface area contributed by atoms with Crippen LogP contribution in [-0.4, -0.2) is 10.9 Å². The molecule has 1 aromatic heterocycles. The molecule has 0 aliphatic carbocycles. The second-order valence-corrected chi connectivity index (χ2v) is 3.56. The topological polar surface area (TPSA) is 42.0 Å². The van der Waals surface area contributed by atoms with E-state index in [4.69, 9.17) is 0 Å². The van der Waals surface area contributed by atoms with Crippen molar-refractivity contribution in [3.05, 3.63) is 59.9 Å². The third-order valence-electron chi connectivity index (χ3n) is 2.22. The molecule has 0 unspecified atom stereocenters. The van der Waals surface area contributed by atoms with Gasteiger partial charge in [0.15, 0.2) is 0 Å². The molecule has 3 nitrogen and oxygen atoms in total. The summed E-state index contributed by atoms with van der Waals surface area (Å²) in [7, 11) is 0. The van der Waals surface area contributed by atoms with Crippen molar-refractivity contribution in [3.63, 3.8) is 0 Å². The zero-order valence-corrected chi connectivity index (χ0v) is 10.2. The van der Waals surface area contributed by atoms with Crippen molar-refractivity contribution in [2.24, 2.45) is 0 Å². The van der Waals surface area contributed by atoms with Gasteiger partial charge in [-0.3, -0.25) is 9.78 Å². The van der Waals surface area contributed by atoms with Gasteiger partial charge in [0.25, 0.3) is 5.91 Å². The average Bonchev–Trinajstić information content (AvgIpc) is 2.30. The maximum Gasteiger partial charge on any atom is 0.255 e. The number of aryl methyl sites for hydroxylation is 1. The molecule has 0 saturated heterocycles. The number of aromatic nitrogens is 1. The van der Waals surface area contributed by atoms with Crippen molar-refractivity contribution in [3.8, 4) is 0 Å². The maximum atomic E-state index is 11.8. The Balaban J connectivity index is 0.00000144. The quantitative estimate of drug-likeness (QED) is 0.888. The fourth-order valence-corrected chi connectivity index (χ4v) is 1.43. The second-order valence-electron chi connectivity index (χ2n) is 3.56. The highest BCUT2D eigenvalue weighted by molar-refractivity contribution is 6.04. The van der Waals surface area contributed by atoms with E-state index in [1.165, 1.54) is 0 Å². The summed E-state index contributed by atoms with van der Waals surface area (Å²) in [5.74, 6) is -0.118. The number of hydrogen-bond acceptors (Lipinski definition) is 2. The minimum Gasteiger partial charge on any atom is -0.322 e. The minimum absolute atomic E-state index is 0. The van der Waals surface area contributed by atoms with E-state index in [-0.39, 0.29) is 18.3 Å². The van der Waals surface area contributed by atoms with E-state index in [1.54, 1.807) is 24.5 Å². The molecule has 1 heterocycles. The van der Waals surface area contributed by atoms with E-state index in [1.807, 2.05) is 31.2 Å². The first-order valence-corrected chi connectivity index (χ1v) is 5.04. The smallest absolute Gasteiger partial charge is 0.255 e. The van der Waals surface area contributed by atoms with Gasteiger partial charge in [-0.05, 0) is 36.8 Å². The number of nitrogens with zero attached hydrogens (tertiary/aromatic N) is 1. The van der Waals surface area contributed by atoms with Crippen molar-refractivity contribution in [2.75, 3.05) is 5.32 Å². The van der Waals surface area contributed by atoms with Gasteiger partial charge < -0.3 is 5.32 Å². The highest BCUT2D eigenvalue weighted by Crippen LogP contribution is 2.11. The molecule has 0 radical (unpaired) electrons. The third-order valence-corrected chi connectivity index (χ3v) is 2.22. The summed E-state index contributed by atoms with van der Waals surface area (Å²) < 4.78 is 0. The Hall–Kier alpha value is -1.87. The Morgan fingerprint density at radius 1 is 1.18 bits per heavy atom. The van der Waals surface area contributed by atoms with E-state index in [9.17, 15) is 4.79 Å². The molecule has 0 atom stereocenters. The molecule has 0 saturated carbocycles. The number of halogens is 1. The second kappa shape index (κ2) is 6.01. The lowest BCUT2D eigenvalue weighted by atomic mass is 10.2. The van der Waals surface area contributed by atoms with Crippen LogP contribution in [0.3, 0.4) is 0 Å². The molecule has 0 aliphatic rings. The molecule has 1 N–H and O–H groups in total. The molecular formula is C13H13ClN2O. The van der Waals surface area contributed by atoms with Gasteiger partial charge in [-0.25, -0.2) is 0 Å². The number of rotatable bonds is 2. The first kappa shape index (κ1) is 13.2. The molecule has 4 heteroatoms. The number of anilines is 1. The van der Waals surface area contributed by atoms with E-state index < -0.39 is 0 Å². The lowest BCUT2D eigenvalue weighted by Gasteiger charge is -2.05. The molecule has 2 aromatic rings. The Labute approximate surface area is 106 Å². The Bertz CT molecular complexity index is 500. The molecule has 0 spiro atoms. The molecule has 88 valence electrons. The number of pyridine rings is 1. The van der Waals surface area contributed by atoms with Crippen LogP contribution in [0, 0.1) is 6.92 Å². The lowest BCUT2D eigenvalue weighted by Crippen LogP contribution is -2.11. The molecule has 17 heavy (non-hydrogen) atoms. The lowest BCUT2D eigenvalue weighted by molar-refractivity contribution is 0.102. The monoisotopic (exact) mass is 248 g/mol. The predicted octanol–water partition coefficient (Wildman–Crippen LogP) is 3.06. The first-order chi connectivity index (χ1) is 7.75. The number of benzene rings is 1. The summed E-state index contributed by atoms with van der Waals surface area (Å²) in [5.41, 5.74) is 2.53. The van der Waals surface area contributed by atoms with E-state index >= 15 is 0 Å². The highest BCUT2D eigenvalue weighted by atomic mass is 35.5. The van der Waals surface area contributed by atoms with Gasteiger partial charge in [-0.15, -0.1) is 12.4 Å². The fourth-order valence-electron chi connectivity index (χ4n) is 1.43. The third kappa shape index (κ3) is 3.57. The van der Waals surface area contributed by atoms with E-state index in [0.29, 0.717) is 5.56 Å². The van der Waals surface area contributed by atoms with Crippen LogP contribution in [0.5, 0.6) is 0 Å². The summed E-state index contributed by atoms with van der Waals surface area (Å²) >= 11 is 0. The van der Waals surface area contributed by atoms with Crippen LogP contribution < -0.4 is 5.32 Å².